The number of rotatable bonds is 4. The second-order valence-electron chi connectivity index (χ2n) is 6.31. The van der Waals surface area contributed by atoms with Gasteiger partial charge in [0.05, 0.1) is 18.7 Å². The lowest BCUT2D eigenvalue weighted by atomic mass is 9.97. The molecule has 0 unspecified atom stereocenters. The molecule has 8 heteroatoms. The third kappa shape index (κ3) is 3.38. The Morgan fingerprint density at radius 2 is 1.93 bits per heavy atom. The van der Waals surface area contributed by atoms with Crippen LogP contribution >= 0.6 is 11.6 Å². The summed E-state index contributed by atoms with van der Waals surface area (Å²) in [6.07, 6.45) is 0. The molecular weight excluding hydrogens is 372 g/mol. The van der Waals surface area contributed by atoms with E-state index in [1.165, 1.54) is 7.11 Å². The molecule has 0 aromatic heterocycles. The highest BCUT2D eigenvalue weighted by atomic mass is 35.5. The average Bonchev–Trinajstić information content (AvgIpc) is 3.08. The van der Waals surface area contributed by atoms with Crippen LogP contribution in [0.4, 0.5) is 5.69 Å². The number of nitrogens with zero attached hydrogens (tertiary/aromatic N) is 1. The van der Waals surface area contributed by atoms with Crippen molar-refractivity contribution < 1.29 is 23.8 Å². The Morgan fingerprint density at radius 3 is 2.70 bits per heavy atom. The number of carbonyl (C=O) groups excluding carboxylic acids is 2. The van der Waals surface area contributed by atoms with E-state index in [0.29, 0.717) is 46.6 Å². The number of methoxy groups -OCH3 is 1. The number of carbonyl (C=O) groups is 2. The first kappa shape index (κ1) is 17.5. The molecule has 4 rings (SSSR count). The van der Waals surface area contributed by atoms with E-state index in [2.05, 4.69) is 5.32 Å². The molecule has 140 valence electrons. The lowest BCUT2D eigenvalue weighted by Crippen LogP contribution is -2.54. The molecule has 0 saturated carbocycles. The number of benzene rings is 2. The summed E-state index contributed by atoms with van der Waals surface area (Å²) < 4.78 is 15.8. The van der Waals surface area contributed by atoms with E-state index in [9.17, 15) is 9.59 Å². The molecule has 2 aliphatic heterocycles. The third-order valence-corrected chi connectivity index (χ3v) is 4.81. The molecule has 2 aromatic carbocycles. The Bertz CT molecular complexity index is 911. The summed E-state index contributed by atoms with van der Waals surface area (Å²) >= 11 is 5.98. The van der Waals surface area contributed by atoms with Crippen LogP contribution in [0.2, 0.25) is 5.02 Å². The highest BCUT2D eigenvalue weighted by Crippen LogP contribution is 2.34. The molecule has 1 saturated heterocycles. The lowest BCUT2D eigenvalue weighted by Gasteiger charge is -2.38. The van der Waals surface area contributed by atoms with Crippen LogP contribution in [0.15, 0.2) is 36.4 Å². The van der Waals surface area contributed by atoms with Gasteiger partial charge >= 0.3 is 0 Å². The van der Waals surface area contributed by atoms with Gasteiger partial charge in [-0.15, -0.1) is 0 Å². The van der Waals surface area contributed by atoms with Gasteiger partial charge in [-0.3, -0.25) is 9.59 Å². The molecule has 0 atom stereocenters. The summed E-state index contributed by atoms with van der Waals surface area (Å²) in [5, 5.41) is 3.31. The van der Waals surface area contributed by atoms with Crippen molar-refractivity contribution in [3.05, 3.63) is 47.0 Å². The van der Waals surface area contributed by atoms with Crippen LogP contribution < -0.4 is 19.5 Å². The van der Waals surface area contributed by atoms with Crippen LogP contribution in [-0.4, -0.2) is 43.7 Å². The summed E-state index contributed by atoms with van der Waals surface area (Å²) in [6.45, 7) is 0.857. The number of fused-ring (bicyclic) bond motifs is 1. The molecule has 0 bridgehead atoms. The van der Waals surface area contributed by atoms with Gasteiger partial charge in [0.1, 0.15) is 5.75 Å². The number of halogens is 1. The molecule has 27 heavy (non-hydrogen) atoms. The summed E-state index contributed by atoms with van der Waals surface area (Å²) in [5.41, 5.74) is 1.02. The molecule has 1 N–H and O–H groups in total. The van der Waals surface area contributed by atoms with Crippen molar-refractivity contribution in [1.29, 1.82) is 0 Å². The first-order chi connectivity index (χ1) is 13.0. The quantitative estimate of drug-likeness (QED) is 0.871. The zero-order valence-corrected chi connectivity index (χ0v) is 15.3. The molecule has 7 nitrogen and oxygen atoms in total. The highest BCUT2D eigenvalue weighted by Gasteiger charge is 2.36. The van der Waals surface area contributed by atoms with Crippen molar-refractivity contribution in [2.75, 3.05) is 32.3 Å². The molecule has 2 aliphatic rings. The van der Waals surface area contributed by atoms with Crippen molar-refractivity contribution in [1.82, 2.24) is 4.90 Å². The van der Waals surface area contributed by atoms with Crippen LogP contribution in [0.5, 0.6) is 17.2 Å². The number of ether oxygens (including phenoxy) is 3. The van der Waals surface area contributed by atoms with Crippen molar-refractivity contribution >= 4 is 29.1 Å². The van der Waals surface area contributed by atoms with Crippen LogP contribution in [0, 0.1) is 5.92 Å². The number of likely N-dealkylation sites (tertiary alicyclic amines) is 1. The third-order valence-electron chi connectivity index (χ3n) is 4.58. The summed E-state index contributed by atoms with van der Waals surface area (Å²) in [5.74, 6) is 1.11. The predicted octanol–water partition coefficient (Wildman–Crippen LogP) is 2.79. The fourth-order valence-electron chi connectivity index (χ4n) is 3.04. The SMILES string of the molecule is COc1ccc(Cl)cc1NC(=O)C1CN(C(=O)c2ccc3c(c2)OCO3)C1. The molecule has 2 heterocycles. The van der Waals surface area contributed by atoms with E-state index in [-0.39, 0.29) is 24.5 Å². The summed E-state index contributed by atoms with van der Waals surface area (Å²) in [6, 6.07) is 10.1. The van der Waals surface area contributed by atoms with Gasteiger partial charge in [-0.1, -0.05) is 11.6 Å². The van der Waals surface area contributed by atoms with E-state index in [1.54, 1.807) is 41.3 Å². The topological polar surface area (TPSA) is 77.1 Å². The maximum Gasteiger partial charge on any atom is 0.254 e. The van der Waals surface area contributed by atoms with Gasteiger partial charge in [-0.25, -0.2) is 0 Å². The van der Waals surface area contributed by atoms with Crippen molar-refractivity contribution in [3.8, 4) is 17.2 Å². The zero-order chi connectivity index (χ0) is 19.0. The molecule has 0 spiro atoms. The van der Waals surface area contributed by atoms with E-state index in [4.69, 9.17) is 25.8 Å². The molecular formula is C19H17ClN2O5. The highest BCUT2D eigenvalue weighted by molar-refractivity contribution is 6.31. The Balaban J connectivity index is 1.37. The minimum atomic E-state index is -0.286. The monoisotopic (exact) mass is 388 g/mol. The maximum atomic E-state index is 12.6. The smallest absolute Gasteiger partial charge is 0.254 e. The van der Waals surface area contributed by atoms with Crippen LogP contribution in [0.25, 0.3) is 0 Å². The fourth-order valence-corrected chi connectivity index (χ4v) is 3.21. The first-order valence-corrected chi connectivity index (χ1v) is 8.76. The molecule has 2 aromatic rings. The van der Waals surface area contributed by atoms with Crippen LogP contribution in [0.1, 0.15) is 10.4 Å². The van der Waals surface area contributed by atoms with Gasteiger partial charge in [0.25, 0.3) is 5.91 Å². The van der Waals surface area contributed by atoms with E-state index in [0.717, 1.165) is 0 Å². The van der Waals surface area contributed by atoms with Crippen molar-refractivity contribution in [2.24, 2.45) is 5.92 Å². The van der Waals surface area contributed by atoms with Crippen molar-refractivity contribution in [3.63, 3.8) is 0 Å². The second-order valence-corrected chi connectivity index (χ2v) is 6.75. The van der Waals surface area contributed by atoms with E-state index >= 15 is 0 Å². The van der Waals surface area contributed by atoms with Gasteiger partial charge in [0.2, 0.25) is 12.7 Å². The Hall–Kier alpha value is -2.93. The average molecular weight is 389 g/mol. The number of anilines is 1. The van der Waals surface area contributed by atoms with Gasteiger partial charge in [-0.2, -0.15) is 0 Å². The summed E-state index contributed by atoms with van der Waals surface area (Å²) in [7, 11) is 1.52. The molecule has 0 radical (unpaired) electrons. The Labute approximate surface area is 160 Å². The van der Waals surface area contributed by atoms with Gasteiger partial charge < -0.3 is 24.4 Å². The number of amides is 2. The normalized spacial score (nSPS) is 15.3. The van der Waals surface area contributed by atoms with Crippen LogP contribution in [0.3, 0.4) is 0 Å². The second kappa shape index (κ2) is 7.00. The number of hydrogen-bond donors (Lipinski definition) is 1. The number of nitrogens with one attached hydrogen (secondary N) is 1. The summed E-state index contributed by atoms with van der Waals surface area (Å²) in [4.78, 5) is 26.6. The van der Waals surface area contributed by atoms with Gasteiger partial charge in [0.15, 0.2) is 11.5 Å². The lowest BCUT2D eigenvalue weighted by molar-refractivity contribution is -0.123. The Kier molecular flexibility index (Phi) is 4.53. The molecule has 2 amide bonds. The molecule has 0 aliphatic carbocycles. The number of hydrogen-bond acceptors (Lipinski definition) is 5. The maximum absolute atomic E-state index is 12.6. The van der Waals surface area contributed by atoms with E-state index in [1.807, 2.05) is 0 Å². The first-order valence-electron chi connectivity index (χ1n) is 8.38. The van der Waals surface area contributed by atoms with Gasteiger partial charge in [0, 0.05) is 23.7 Å². The van der Waals surface area contributed by atoms with E-state index < -0.39 is 0 Å². The zero-order valence-electron chi connectivity index (χ0n) is 14.5. The van der Waals surface area contributed by atoms with Crippen LogP contribution in [-0.2, 0) is 4.79 Å². The fraction of sp³-hybridized carbons (Fsp3) is 0.263. The van der Waals surface area contributed by atoms with Gasteiger partial charge in [-0.05, 0) is 36.4 Å². The minimum Gasteiger partial charge on any atom is -0.495 e. The Morgan fingerprint density at radius 1 is 1.15 bits per heavy atom. The predicted molar refractivity (Wildman–Crippen MR) is 98.6 cm³/mol. The molecule has 1 fully saturated rings. The largest absolute Gasteiger partial charge is 0.495 e. The minimum absolute atomic E-state index is 0.141. The van der Waals surface area contributed by atoms with Crippen molar-refractivity contribution in [2.45, 2.75) is 0 Å². The standard InChI is InChI=1S/C19H17ClN2O5/c1-25-15-5-3-13(20)7-14(15)21-18(23)12-8-22(9-12)19(24)11-2-4-16-17(6-11)27-10-26-16/h2-7,12H,8-10H2,1H3,(H,21,23).